The van der Waals surface area contributed by atoms with Crippen LogP contribution in [0.25, 0.3) is 22.0 Å². The second kappa shape index (κ2) is 7.26. The van der Waals surface area contributed by atoms with E-state index >= 15 is 0 Å². The zero-order valence-corrected chi connectivity index (χ0v) is 15.7. The van der Waals surface area contributed by atoms with Crippen molar-refractivity contribution in [1.29, 1.82) is 0 Å². The van der Waals surface area contributed by atoms with Gasteiger partial charge >= 0.3 is 0 Å². The Labute approximate surface area is 159 Å². The first-order valence-electron chi connectivity index (χ1n) is 9.19. The average Bonchev–Trinajstić information content (AvgIpc) is 2.63. The Morgan fingerprint density at radius 2 is 2.08 bits per heavy atom. The quantitative estimate of drug-likeness (QED) is 0.665. The van der Waals surface area contributed by atoms with Crippen molar-refractivity contribution >= 4 is 22.5 Å². The molecule has 2 heterocycles. The van der Waals surface area contributed by atoms with E-state index in [1.165, 1.54) is 12.8 Å². The molecule has 0 radical (unpaired) electrons. The van der Waals surface area contributed by atoms with Crippen LogP contribution in [-0.4, -0.2) is 28.1 Å². The smallest absolute Gasteiger partial charge is 0.120 e. The third-order valence-corrected chi connectivity index (χ3v) is 5.47. The molecule has 1 aliphatic heterocycles. The van der Waals surface area contributed by atoms with Gasteiger partial charge in [0.25, 0.3) is 0 Å². The number of fused-ring (bicyclic) bond motifs is 1. The predicted molar refractivity (Wildman–Crippen MR) is 108 cm³/mol. The lowest BCUT2D eigenvalue weighted by atomic mass is 9.97. The van der Waals surface area contributed by atoms with Gasteiger partial charge in [-0.3, -0.25) is 9.88 Å². The summed E-state index contributed by atoms with van der Waals surface area (Å²) in [6, 6.07) is 13.7. The largest absolute Gasteiger partial charge is 0.508 e. The van der Waals surface area contributed by atoms with Crippen molar-refractivity contribution in [2.24, 2.45) is 5.92 Å². The minimum absolute atomic E-state index is 0.369. The van der Waals surface area contributed by atoms with Gasteiger partial charge in [0.05, 0.1) is 5.52 Å². The number of hydrogen-bond donors (Lipinski definition) is 1. The van der Waals surface area contributed by atoms with E-state index in [9.17, 15) is 5.11 Å². The van der Waals surface area contributed by atoms with Gasteiger partial charge in [0, 0.05) is 35.3 Å². The molecular weight excluding hydrogens is 344 g/mol. The minimum atomic E-state index is 0.369. The number of halogens is 1. The van der Waals surface area contributed by atoms with E-state index in [2.05, 4.69) is 22.9 Å². The van der Waals surface area contributed by atoms with Gasteiger partial charge in [-0.15, -0.1) is 0 Å². The van der Waals surface area contributed by atoms with E-state index in [1.807, 2.05) is 36.5 Å². The van der Waals surface area contributed by atoms with Crippen LogP contribution < -0.4 is 0 Å². The monoisotopic (exact) mass is 366 g/mol. The van der Waals surface area contributed by atoms with Gasteiger partial charge in [-0.1, -0.05) is 30.7 Å². The summed E-state index contributed by atoms with van der Waals surface area (Å²) in [5.41, 5.74) is 4.07. The zero-order valence-electron chi connectivity index (χ0n) is 15.0. The molecule has 3 aromatic rings. The molecule has 1 fully saturated rings. The predicted octanol–water partition coefficient (Wildman–Crippen LogP) is 5.49. The maximum absolute atomic E-state index is 10.4. The lowest BCUT2D eigenvalue weighted by Gasteiger charge is -2.31. The molecule has 0 amide bonds. The summed E-state index contributed by atoms with van der Waals surface area (Å²) in [6.07, 6.45) is 4.35. The number of phenolic OH excluding ortho intramolecular Hbond substituents is 1. The molecule has 4 heteroatoms. The Morgan fingerprint density at radius 1 is 1.19 bits per heavy atom. The molecule has 26 heavy (non-hydrogen) atoms. The van der Waals surface area contributed by atoms with Crippen molar-refractivity contribution < 1.29 is 5.11 Å². The minimum Gasteiger partial charge on any atom is -0.508 e. The van der Waals surface area contributed by atoms with Gasteiger partial charge in [-0.05, 0) is 66.8 Å². The van der Waals surface area contributed by atoms with Crippen LogP contribution in [0.3, 0.4) is 0 Å². The van der Waals surface area contributed by atoms with Gasteiger partial charge < -0.3 is 5.11 Å². The van der Waals surface area contributed by atoms with Crippen molar-refractivity contribution in [3.63, 3.8) is 0 Å². The van der Waals surface area contributed by atoms with Crippen molar-refractivity contribution in [1.82, 2.24) is 9.88 Å². The zero-order chi connectivity index (χ0) is 18.1. The van der Waals surface area contributed by atoms with E-state index in [4.69, 9.17) is 11.6 Å². The van der Waals surface area contributed by atoms with Crippen molar-refractivity contribution in [2.75, 3.05) is 13.1 Å². The number of phenols is 1. The van der Waals surface area contributed by atoms with E-state index in [0.29, 0.717) is 10.8 Å². The van der Waals surface area contributed by atoms with Crippen LogP contribution in [0.2, 0.25) is 5.02 Å². The van der Waals surface area contributed by atoms with Crippen LogP contribution in [0.15, 0.2) is 48.7 Å². The summed E-state index contributed by atoms with van der Waals surface area (Å²) < 4.78 is 0. The van der Waals surface area contributed by atoms with Gasteiger partial charge in [0.1, 0.15) is 5.75 Å². The Balaban J connectivity index is 1.70. The number of likely N-dealkylation sites (tertiary alicyclic amines) is 1. The molecule has 0 spiro atoms. The molecular formula is C22H23ClN2O. The lowest BCUT2D eigenvalue weighted by Crippen LogP contribution is -2.33. The summed E-state index contributed by atoms with van der Waals surface area (Å²) in [5, 5.41) is 12.1. The topological polar surface area (TPSA) is 36.4 Å². The van der Waals surface area contributed by atoms with Crippen molar-refractivity contribution in [2.45, 2.75) is 26.3 Å². The Bertz CT molecular complexity index is 941. The van der Waals surface area contributed by atoms with Crippen LogP contribution in [0.4, 0.5) is 0 Å². The first-order chi connectivity index (χ1) is 12.6. The van der Waals surface area contributed by atoms with Crippen molar-refractivity contribution in [3.8, 4) is 16.9 Å². The van der Waals surface area contributed by atoms with Crippen LogP contribution in [0.1, 0.15) is 25.3 Å². The second-order valence-corrected chi connectivity index (χ2v) is 7.78. The average molecular weight is 367 g/mol. The SMILES string of the molecule is CC1CCCN(Cc2cc(-c3ccnc4cc(Cl)ccc34)ccc2O)C1. The second-order valence-electron chi connectivity index (χ2n) is 7.35. The molecule has 3 nitrogen and oxygen atoms in total. The van der Waals surface area contributed by atoms with E-state index in [0.717, 1.165) is 53.1 Å². The Morgan fingerprint density at radius 3 is 2.92 bits per heavy atom. The van der Waals surface area contributed by atoms with Crippen LogP contribution in [-0.2, 0) is 6.54 Å². The number of piperidine rings is 1. The maximum Gasteiger partial charge on any atom is 0.120 e. The molecule has 4 rings (SSSR count). The molecule has 0 bridgehead atoms. The molecule has 1 aliphatic rings. The molecule has 1 atom stereocenters. The third-order valence-electron chi connectivity index (χ3n) is 5.23. The van der Waals surface area contributed by atoms with Gasteiger partial charge in [-0.2, -0.15) is 0 Å². The number of nitrogens with zero attached hydrogens (tertiary/aromatic N) is 2. The molecule has 1 unspecified atom stereocenters. The molecule has 1 aromatic heterocycles. The molecule has 1 saturated heterocycles. The number of pyridine rings is 1. The van der Waals surface area contributed by atoms with Gasteiger partial charge in [0.15, 0.2) is 0 Å². The first kappa shape index (κ1) is 17.3. The Kier molecular flexibility index (Phi) is 4.84. The van der Waals surface area contributed by atoms with Gasteiger partial charge in [-0.25, -0.2) is 0 Å². The number of aromatic hydroxyl groups is 1. The fourth-order valence-electron chi connectivity index (χ4n) is 3.92. The summed E-state index contributed by atoms with van der Waals surface area (Å²) >= 11 is 6.10. The fraction of sp³-hybridized carbons (Fsp3) is 0.318. The highest BCUT2D eigenvalue weighted by molar-refractivity contribution is 6.31. The van der Waals surface area contributed by atoms with Crippen LogP contribution >= 0.6 is 11.6 Å². The first-order valence-corrected chi connectivity index (χ1v) is 9.57. The normalized spacial score (nSPS) is 18.3. The standard InChI is InChI=1S/C22H23ClN2O/c1-15-3-2-10-25(13-15)14-17-11-16(4-7-22(17)26)19-8-9-24-21-12-18(23)5-6-20(19)21/h4-9,11-12,15,26H,2-3,10,13-14H2,1H3. The van der Waals surface area contributed by atoms with E-state index in [-0.39, 0.29) is 0 Å². The third kappa shape index (κ3) is 3.55. The Hall–Kier alpha value is -2.10. The summed E-state index contributed by atoms with van der Waals surface area (Å²) in [5.74, 6) is 1.09. The highest BCUT2D eigenvalue weighted by atomic mass is 35.5. The number of benzene rings is 2. The molecule has 2 aromatic carbocycles. The number of aromatic nitrogens is 1. The molecule has 134 valence electrons. The summed E-state index contributed by atoms with van der Waals surface area (Å²) in [6.45, 7) is 5.29. The molecule has 0 aliphatic carbocycles. The number of hydrogen-bond acceptors (Lipinski definition) is 3. The van der Waals surface area contributed by atoms with Crippen LogP contribution in [0.5, 0.6) is 5.75 Å². The van der Waals surface area contributed by atoms with E-state index < -0.39 is 0 Å². The molecule has 0 saturated carbocycles. The maximum atomic E-state index is 10.4. The lowest BCUT2D eigenvalue weighted by molar-refractivity contribution is 0.175. The summed E-state index contributed by atoms with van der Waals surface area (Å²) in [7, 11) is 0. The van der Waals surface area contributed by atoms with Crippen molar-refractivity contribution in [3.05, 3.63) is 59.2 Å². The highest BCUT2D eigenvalue weighted by Gasteiger charge is 2.18. The summed E-state index contributed by atoms with van der Waals surface area (Å²) in [4.78, 5) is 6.87. The fourth-order valence-corrected chi connectivity index (χ4v) is 4.09. The number of rotatable bonds is 3. The van der Waals surface area contributed by atoms with E-state index in [1.54, 1.807) is 6.07 Å². The van der Waals surface area contributed by atoms with Crippen LogP contribution in [0, 0.1) is 5.92 Å². The highest BCUT2D eigenvalue weighted by Crippen LogP contribution is 2.32. The van der Waals surface area contributed by atoms with Gasteiger partial charge in [0.2, 0.25) is 0 Å². The molecule has 1 N–H and O–H groups in total.